The largest absolute Gasteiger partial charge is 0.492 e. The van der Waals surface area contributed by atoms with Crippen molar-refractivity contribution in [1.82, 2.24) is 9.97 Å². The lowest BCUT2D eigenvalue weighted by molar-refractivity contribution is -0.111. The van der Waals surface area contributed by atoms with E-state index in [1.807, 2.05) is 25.3 Å². The second-order valence-corrected chi connectivity index (χ2v) is 10.5. The number of hydrogen-bond acceptors (Lipinski definition) is 8. The molecule has 0 radical (unpaired) electrons. The third kappa shape index (κ3) is 6.88. The fraction of sp³-hybridized carbons (Fsp3) is 0.273. The Morgan fingerprint density at radius 2 is 2.00 bits per heavy atom. The second kappa shape index (κ2) is 13.6. The number of nitrogens with zero attached hydrogens (tertiary/aromatic N) is 3. The van der Waals surface area contributed by atoms with Crippen molar-refractivity contribution in [2.75, 3.05) is 30.5 Å². The van der Waals surface area contributed by atoms with Crippen molar-refractivity contribution in [3.63, 3.8) is 0 Å². The Morgan fingerprint density at radius 1 is 1.19 bits per heavy atom. The highest BCUT2D eigenvalue weighted by Crippen LogP contribution is 2.38. The Bertz CT molecular complexity index is 1700. The summed E-state index contributed by atoms with van der Waals surface area (Å²) in [5.74, 6) is 1.03. The molecule has 4 aromatic rings. The van der Waals surface area contributed by atoms with Crippen LogP contribution in [0.3, 0.4) is 0 Å². The summed E-state index contributed by atoms with van der Waals surface area (Å²) in [6.45, 7) is 9.42. The number of aryl methyl sites for hydroxylation is 1. The Morgan fingerprint density at radius 3 is 2.67 bits per heavy atom. The predicted molar refractivity (Wildman–Crippen MR) is 167 cm³/mol. The van der Waals surface area contributed by atoms with Crippen molar-refractivity contribution in [1.29, 1.82) is 5.26 Å². The molecular formula is C33H32ClN5O4. The van der Waals surface area contributed by atoms with Crippen LogP contribution in [0.25, 0.3) is 10.9 Å². The Hall–Kier alpha value is -4.65. The van der Waals surface area contributed by atoms with Crippen LogP contribution < -0.4 is 20.1 Å². The lowest BCUT2D eigenvalue weighted by Crippen LogP contribution is -2.15. The van der Waals surface area contributed by atoms with Gasteiger partial charge in [0.2, 0.25) is 5.91 Å². The number of aromatic nitrogens is 2. The summed E-state index contributed by atoms with van der Waals surface area (Å²) in [4.78, 5) is 21.4. The van der Waals surface area contributed by atoms with Gasteiger partial charge in [-0.1, -0.05) is 24.2 Å². The summed E-state index contributed by atoms with van der Waals surface area (Å²) in [5.41, 5.74) is 5.15. The summed E-state index contributed by atoms with van der Waals surface area (Å²) in [7, 11) is 0. The predicted octanol–water partition coefficient (Wildman–Crippen LogP) is 7.20. The molecule has 220 valence electrons. The molecule has 9 nitrogen and oxygen atoms in total. The van der Waals surface area contributed by atoms with Crippen LogP contribution in [0.4, 0.5) is 17.1 Å². The highest BCUT2D eigenvalue weighted by molar-refractivity contribution is 6.32. The van der Waals surface area contributed by atoms with E-state index in [1.165, 1.54) is 6.08 Å². The highest BCUT2D eigenvalue weighted by atomic mass is 35.5. The van der Waals surface area contributed by atoms with Crippen LogP contribution in [0.1, 0.15) is 48.2 Å². The summed E-state index contributed by atoms with van der Waals surface area (Å²) in [6, 6.07) is 15.2. The number of carbonyl (C=O) groups is 1. The van der Waals surface area contributed by atoms with Gasteiger partial charge in [0.1, 0.15) is 24.2 Å². The van der Waals surface area contributed by atoms with Gasteiger partial charge in [-0.25, -0.2) is 0 Å². The minimum Gasteiger partial charge on any atom is -0.492 e. The quantitative estimate of drug-likeness (QED) is 0.184. The Balaban J connectivity index is 1.38. The van der Waals surface area contributed by atoms with E-state index < -0.39 is 0 Å². The molecule has 0 aliphatic carbocycles. The van der Waals surface area contributed by atoms with Crippen molar-refractivity contribution in [2.45, 2.75) is 39.2 Å². The Labute approximate surface area is 255 Å². The maximum absolute atomic E-state index is 12.1. The molecule has 1 saturated heterocycles. The van der Waals surface area contributed by atoms with E-state index in [0.29, 0.717) is 74.9 Å². The summed E-state index contributed by atoms with van der Waals surface area (Å²) >= 11 is 6.62. The average molecular weight is 598 g/mol. The van der Waals surface area contributed by atoms with Crippen molar-refractivity contribution < 1.29 is 19.0 Å². The van der Waals surface area contributed by atoms with E-state index in [2.05, 4.69) is 39.3 Å². The lowest BCUT2D eigenvalue weighted by atomic mass is 9.96. The molecule has 1 amide bonds. The maximum Gasteiger partial charge on any atom is 0.247 e. The van der Waals surface area contributed by atoms with E-state index in [4.69, 9.17) is 25.8 Å². The monoisotopic (exact) mass is 597 g/mol. The molecule has 43 heavy (non-hydrogen) atoms. The maximum atomic E-state index is 12.1. The fourth-order valence-electron chi connectivity index (χ4n) is 4.99. The smallest absolute Gasteiger partial charge is 0.247 e. The van der Waals surface area contributed by atoms with Crippen LogP contribution in [0.15, 0.2) is 61.3 Å². The van der Waals surface area contributed by atoms with Gasteiger partial charge in [0.25, 0.3) is 0 Å². The van der Waals surface area contributed by atoms with E-state index in [0.717, 1.165) is 37.3 Å². The van der Waals surface area contributed by atoms with E-state index in [-0.39, 0.29) is 5.91 Å². The summed E-state index contributed by atoms with van der Waals surface area (Å²) in [6.07, 6.45) is 5.01. The molecule has 2 aromatic carbocycles. The van der Waals surface area contributed by atoms with Crippen molar-refractivity contribution in [3.05, 3.63) is 88.9 Å². The molecule has 3 heterocycles. The van der Waals surface area contributed by atoms with Crippen LogP contribution in [0, 0.1) is 18.3 Å². The lowest BCUT2D eigenvalue weighted by Gasteiger charge is -2.21. The molecular weight excluding hydrogens is 566 g/mol. The highest BCUT2D eigenvalue weighted by Gasteiger charge is 2.19. The number of hydrogen-bond donors (Lipinski definition) is 2. The molecule has 0 bridgehead atoms. The van der Waals surface area contributed by atoms with Crippen LogP contribution in [0.2, 0.25) is 5.02 Å². The minimum absolute atomic E-state index is 0.321. The fourth-order valence-corrected chi connectivity index (χ4v) is 5.23. The third-order valence-corrected chi connectivity index (χ3v) is 7.50. The van der Waals surface area contributed by atoms with Crippen molar-refractivity contribution in [3.8, 4) is 17.6 Å². The first-order valence-corrected chi connectivity index (χ1v) is 14.4. The zero-order valence-corrected chi connectivity index (χ0v) is 24.8. The molecule has 2 N–H and O–H groups in total. The van der Waals surface area contributed by atoms with Crippen molar-refractivity contribution >= 4 is 45.5 Å². The van der Waals surface area contributed by atoms with Gasteiger partial charge in [-0.2, -0.15) is 5.26 Å². The second-order valence-electron chi connectivity index (χ2n) is 10.1. The first-order chi connectivity index (χ1) is 20.9. The number of nitriles is 1. The number of halogens is 1. The minimum atomic E-state index is -0.385. The van der Waals surface area contributed by atoms with Crippen LogP contribution in [-0.4, -0.2) is 35.7 Å². The number of pyridine rings is 2. The summed E-state index contributed by atoms with van der Waals surface area (Å²) < 4.78 is 17.2. The van der Waals surface area contributed by atoms with Gasteiger partial charge in [0.15, 0.2) is 0 Å². The molecule has 10 heteroatoms. The number of ether oxygens (including phenoxy) is 3. The van der Waals surface area contributed by atoms with Crippen molar-refractivity contribution in [2.24, 2.45) is 0 Å². The molecule has 0 unspecified atom stereocenters. The molecule has 0 saturated carbocycles. The molecule has 0 atom stereocenters. The van der Waals surface area contributed by atoms with E-state index in [1.54, 1.807) is 31.2 Å². The zero-order chi connectivity index (χ0) is 30.3. The standard InChI is InChI=1S/C33H32ClN5O4/c1-4-32(40)39-29-15-24-28(16-31(29)42-5-2)37-20(3)25(17-35)33(24)38-23-7-9-30(26(34)14-23)43-19-21-6-8-27(36-18-21)22-10-12-41-13-11-22/h4,6-9,14-16,18,22H,1,5,10-13,19H2,2-3H3,(H,37,38)(H,39,40). The number of benzene rings is 2. The Kier molecular flexibility index (Phi) is 9.40. The summed E-state index contributed by atoms with van der Waals surface area (Å²) in [5, 5.41) is 17.1. The first kappa shape index (κ1) is 29.8. The van der Waals surface area contributed by atoms with Gasteiger partial charge in [-0.05, 0) is 63.1 Å². The van der Waals surface area contributed by atoms with E-state index >= 15 is 0 Å². The van der Waals surface area contributed by atoms with Gasteiger partial charge in [-0.3, -0.25) is 14.8 Å². The van der Waals surface area contributed by atoms with Gasteiger partial charge < -0.3 is 24.8 Å². The van der Waals surface area contributed by atoms with Gasteiger partial charge in [-0.15, -0.1) is 0 Å². The molecule has 1 fully saturated rings. The molecule has 1 aliphatic heterocycles. The molecule has 1 aliphatic rings. The van der Waals surface area contributed by atoms with Crippen LogP contribution in [0.5, 0.6) is 11.5 Å². The molecule has 0 spiro atoms. The van der Waals surface area contributed by atoms with Gasteiger partial charge in [0, 0.05) is 53.7 Å². The van der Waals surface area contributed by atoms with Crippen LogP contribution in [-0.2, 0) is 16.1 Å². The number of fused-ring (bicyclic) bond motifs is 1. The van der Waals surface area contributed by atoms with Gasteiger partial charge >= 0.3 is 0 Å². The number of amides is 1. The number of rotatable bonds is 10. The number of anilines is 3. The van der Waals surface area contributed by atoms with Gasteiger partial charge in [0.05, 0.1) is 39.8 Å². The molecule has 5 rings (SSSR count). The van der Waals surface area contributed by atoms with Crippen LogP contribution >= 0.6 is 11.6 Å². The van der Waals surface area contributed by atoms with E-state index in [9.17, 15) is 10.1 Å². The number of nitrogens with one attached hydrogen (secondary N) is 2. The topological polar surface area (TPSA) is 118 Å². The average Bonchev–Trinajstić information content (AvgIpc) is 3.02. The zero-order valence-electron chi connectivity index (χ0n) is 24.1. The SMILES string of the molecule is C=CC(=O)Nc1cc2c(Nc3ccc(OCc4ccc(C5CCOCC5)nc4)c(Cl)c3)c(C#N)c(C)nc2cc1OCC. The normalized spacial score (nSPS) is 13.3. The number of carbonyl (C=O) groups excluding carboxylic acids is 1. The first-order valence-electron chi connectivity index (χ1n) is 14.1. The third-order valence-electron chi connectivity index (χ3n) is 7.20. The molecule has 2 aromatic heterocycles.